The molecule has 0 atom stereocenters. The van der Waals surface area contributed by atoms with Crippen LogP contribution in [-0.4, -0.2) is 10.1 Å². The Morgan fingerprint density at radius 3 is 2.71 bits per heavy atom. The number of aromatic nitrogens is 1. The first-order chi connectivity index (χ1) is 6.61. The number of nitrogens with zero attached hydrogens (tertiary/aromatic N) is 2. The van der Waals surface area contributed by atoms with E-state index < -0.39 is 18.7 Å². The van der Waals surface area contributed by atoms with Crippen molar-refractivity contribution in [1.82, 2.24) is 4.98 Å². The van der Waals surface area contributed by atoms with Gasteiger partial charge in [-0.3, -0.25) is 4.98 Å². The molecule has 14 heavy (non-hydrogen) atoms. The Hall–Kier alpha value is -1.25. The molecular formula is C8H5ClF2N2O. The molecule has 0 aliphatic heterocycles. The summed E-state index contributed by atoms with van der Waals surface area (Å²) in [6.45, 7) is -0.566. The van der Waals surface area contributed by atoms with Crippen molar-refractivity contribution in [2.75, 3.05) is 0 Å². The van der Waals surface area contributed by atoms with Gasteiger partial charge in [0.15, 0.2) is 0 Å². The van der Waals surface area contributed by atoms with E-state index in [0.29, 0.717) is 0 Å². The van der Waals surface area contributed by atoms with Crippen LogP contribution in [0.2, 0.25) is 5.02 Å². The van der Waals surface area contributed by atoms with E-state index in [4.69, 9.17) is 22.0 Å². The number of pyridine rings is 1. The lowest BCUT2D eigenvalue weighted by atomic mass is 10.1. The first kappa shape index (κ1) is 10.8. The average Bonchev–Trinajstić information content (AvgIpc) is 2.16. The Kier molecular flexibility index (Phi) is 3.33. The monoisotopic (exact) mass is 218 g/mol. The zero-order valence-corrected chi connectivity index (χ0v) is 7.59. The first-order valence-electron chi connectivity index (χ1n) is 3.58. The summed E-state index contributed by atoms with van der Waals surface area (Å²) in [5.41, 5.74) is -0.629. The van der Waals surface area contributed by atoms with Crippen molar-refractivity contribution in [2.45, 2.75) is 13.0 Å². The number of alkyl halides is 2. The van der Waals surface area contributed by atoms with E-state index in [1.54, 1.807) is 6.07 Å². The predicted molar refractivity (Wildman–Crippen MR) is 44.8 cm³/mol. The second-order valence-corrected chi connectivity index (χ2v) is 2.80. The summed E-state index contributed by atoms with van der Waals surface area (Å²) in [4.78, 5) is 3.34. The molecule has 0 fully saturated rings. The highest BCUT2D eigenvalue weighted by atomic mass is 35.5. The lowest BCUT2D eigenvalue weighted by Gasteiger charge is -2.07. The summed E-state index contributed by atoms with van der Waals surface area (Å²) >= 11 is 5.53. The van der Waals surface area contributed by atoms with Crippen molar-refractivity contribution in [3.05, 3.63) is 28.0 Å². The molecule has 0 aliphatic rings. The van der Waals surface area contributed by atoms with Gasteiger partial charge in [0.2, 0.25) is 0 Å². The summed E-state index contributed by atoms with van der Waals surface area (Å²) in [5, 5.41) is 17.0. The number of nitriles is 1. The van der Waals surface area contributed by atoms with Gasteiger partial charge < -0.3 is 5.11 Å². The van der Waals surface area contributed by atoms with Gasteiger partial charge >= 0.3 is 0 Å². The molecule has 1 aromatic heterocycles. The first-order valence-corrected chi connectivity index (χ1v) is 3.96. The lowest BCUT2D eigenvalue weighted by Crippen LogP contribution is -1.99. The molecule has 0 saturated heterocycles. The summed E-state index contributed by atoms with van der Waals surface area (Å²) in [6, 6.07) is 1.70. The van der Waals surface area contributed by atoms with Crippen molar-refractivity contribution in [3.63, 3.8) is 0 Å². The van der Waals surface area contributed by atoms with Gasteiger partial charge in [0, 0.05) is 11.8 Å². The molecule has 3 nitrogen and oxygen atoms in total. The molecule has 0 radical (unpaired) electrons. The van der Waals surface area contributed by atoms with E-state index in [-0.39, 0.29) is 16.1 Å². The van der Waals surface area contributed by atoms with Gasteiger partial charge in [-0.15, -0.1) is 0 Å². The second kappa shape index (κ2) is 4.31. The average molecular weight is 219 g/mol. The molecule has 6 heteroatoms. The molecule has 1 aromatic rings. The fourth-order valence-corrected chi connectivity index (χ4v) is 1.24. The third-order valence-electron chi connectivity index (χ3n) is 1.63. The number of hydrogen-bond donors (Lipinski definition) is 1. The number of aliphatic hydroxyl groups is 1. The van der Waals surface area contributed by atoms with Gasteiger partial charge in [-0.1, -0.05) is 11.6 Å². The number of halogens is 3. The van der Waals surface area contributed by atoms with E-state index in [1.165, 1.54) is 0 Å². The summed E-state index contributed by atoms with van der Waals surface area (Å²) in [5.74, 6) is 0. The van der Waals surface area contributed by atoms with Gasteiger partial charge in [-0.2, -0.15) is 5.26 Å². The minimum absolute atomic E-state index is 0.00176. The third kappa shape index (κ3) is 1.81. The number of hydrogen-bond acceptors (Lipinski definition) is 3. The zero-order chi connectivity index (χ0) is 10.7. The van der Waals surface area contributed by atoms with Crippen LogP contribution in [0.25, 0.3) is 0 Å². The maximum Gasteiger partial charge on any atom is 0.281 e. The van der Waals surface area contributed by atoms with Crippen LogP contribution < -0.4 is 0 Å². The maximum atomic E-state index is 12.3. The normalized spacial score (nSPS) is 10.3. The van der Waals surface area contributed by atoms with Crippen LogP contribution in [0.15, 0.2) is 6.20 Å². The highest BCUT2D eigenvalue weighted by Gasteiger charge is 2.18. The third-order valence-corrected chi connectivity index (χ3v) is 2.05. The van der Waals surface area contributed by atoms with Gasteiger partial charge in [-0.25, -0.2) is 8.78 Å². The Morgan fingerprint density at radius 1 is 1.64 bits per heavy atom. The zero-order valence-electron chi connectivity index (χ0n) is 6.84. The topological polar surface area (TPSA) is 56.9 Å². The fourth-order valence-electron chi connectivity index (χ4n) is 0.945. The minimum Gasteiger partial charge on any atom is -0.392 e. The van der Waals surface area contributed by atoms with E-state index in [0.717, 1.165) is 6.20 Å². The van der Waals surface area contributed by atoms with Crippen LogP contribution in [0.4, 0.5) is 8.78 Å². The smallest absolute Gasteiger partial charge is 0.281 e. The molecule has 0 aromatic carbocycles. The Bertz CT molecular complexity index is 390. The Balaban J connectivity index is 3.37. The van der Waals surface area contributed by atoms with Crippen LogP contribution in [0.3, 0.4) is 0 Å². The molecule has 1 N–H and O–H groups in total. The predicted octanol–water partition coefficient (Wildman–Crippen LogP) is 2.04. The number of rotatable bonds is 2. The largest absolute Gasteiger partial charge is 0.392 e. The molecular weight excluding hydrogens is 214 g/mol. The molecule has 1 rings (SSSR count). The van der Waals surface area contributed by atoms with E-state index in [9.17, 15) is 8.78 Å². The van der Waals surface area contributed by atoms with Crippen LogP contribution >= 0.6 is 11.6 Å². The van der Waals surface area contributed by atoms with Gasteiger partial charge in [0.1, 0.15) is 11.8 Å². The molecule has 1 heterocycles. The molecule has 0 spiro atoms. The van der Waals surface area contributed by atoms with Crippen molar-refractivity contribution in [2.24, 2.45) is 0 Å². The molecule has 74 valence electrons. The molecule has 0 unspecified atom stereocenters. The van der Waals surface area contributed by atoms with E-state index >= 15 is 0 Å². The van der Waals surface area contributed by atoms with Gasteiger partial charge in [0.25, 0.3) is 6.43 Å². The standard InChI is InChI=1S/C8H5ClF2N2O/c9-6-5(3-14)4(1-12)2-13-7(6)8(10)11/h2,8,14H,3H2. The van der Waals surface area contributed by atoms with Gasteiger partial charge in [0.05, 0.1) is 17.2 Å². The molecule has 0 bridgehead atoms. The van der Waals surface area contributed by atoms with E-state index in [2.05, 4.69) is 4.98 Å². The lowest BCUT2D eigenvalue weighted by molar-refractivity contribution is 0.146. The van der Waals surface area contributed by atoms with Crippen LogP contribution in [0, 0.1) is 11.3 Å². The highest BCUT2D eigenvalue weighted by molar-refractivity contribution is 6.32. The minimum atomic E-state index is -2.82. The van der Waals surface area contributed by atoms with Gasteiger partial charge in [-0.05, 0) is 0 Å². The van der Waals surface area contributed by atoms with Crippen LogP contribution in [-0.2, 0) is 6.61 Å². The summed E-state index contributed by atoms with van der Waals surface area (Å²) < 4.78 is 24.5. The number of aliphatic hydroxyl groups excluding tert-OH is 1. The van der Waals surface area contributed by atoms with Crippen molar-refractivity contribution >= 4 is 11.6 Å². The highest BCUT2D eigenvalue weighted by Crippen LogP contribution is 2.29. The van der Waals surface area contributed by atoms with Crippen LogP contribution in [0.1, 0.15) is 23.2 Å². The maximum absolute atomic E-state index is 12.3. The van der Waals surface area contributed by atoms with Crippen LogP contribution in [0.5, 0.6) is 0 Å². The van der Waals surface area contributed by atoms with Crippen molar-refractivity contribution in [1.29, 1.82) is 5.26 Å². The fraction of sp³-hybridized carbons (Fsp3) is 0.250. The molecule has 0 saturated carbocycles. The Morgan fingerprint density at radius 2 is 2.29 bits per heavy atom. The summed E-state index contributed by atoms with van der Waals surface area (Å²) in [7, 11) is 0. The van der Waals surface area contributed by atoms with Crippen molar-refractivity contribution in [3.8, 4) is 6.07 Å². The van der Waals surface area contributed by atoms with E-state index in [1.807, 2.05) is 0 Å². The summed E-state index contributed by atoms with van der Waals surface area (Å²) in [6.07, 6.45) is -1.85. The SMILES string of the molecule is N#Cc1cnc(C(F)F)c(Cl)c1CO. The Labute approximate surface area is 83.6 Å². The van der Waals surface area contributed by atoms with Crippen molar-refractivity contribution < 1.29 is 13.9 Å². The quantitative estimate of drug-likeness (QED) is 0.826. The molecule has 0 aliphatic carbocycles. The molecule has 0 amide bonds. The second-order valence-electron chi connectivity index (χ2n) is 2.42.